The van der Waals surface area contributed by atoms with Crippen LogP contribution in [0.5, 0.6) is 5.75 Å². The molecule has 0 fully saturated rings. The van der Waals surface area contributed by atoms with Crippen molar-refractivity contribution in [2.24, 2.45) is 5.41 Å². The predicted octanol–water partition coefficient (Wildman–Crippen LogP) is 6.33. The van der Waals surface area contributed by atoms with Crippen molar-refractivity contribution in [2.75, 3.05) is 13.2 Å². The van der Waals surface area contributed by atoms with Crippen LogP contribution >= 0.6 is 10.2 Å². The number of nitrogens with zero attached hydrogens (tertiary/aromatic N) is 1. The van der Waals surface area contributed by atoms with E-state index < -0.39 is 86.4 Å². The second-order valence-electron chi connectivity index (χ2n) is 8.60. The van der Waals surface area contributed by atoms with E-state index in [0.717, 1.165) is 6.92 Å². The molecule has 0 saturated carbocycles. The fraction of sp³-hybridized carbons (Fsp3) is 0.474. The summed E-state index contributed by atoms with van der Waals surface area (Å²) in [5.41, 5.74) is -3.43. The van der Waals surface area contributed by atoms with Crippen LogP contribution in [-0.2, 0) is 23.8 Å². The van der Waals surface area contributed by atoms with Crippen LogP contribution in [0.25, 0.3) is 6.08 Å². The minimum atomic E-state index is -10.2. The molecule has 0 N–H and O–H groups in total. The summed E-state index contributed by atoms with van der Waals surface area (Å²) < 4.78 is 124. The Morgan fingerprint density at radius 2 is 1.71 bits per heavy atom. The van der Waals surface area contributed by atoms with Crippen molar-refractivity contribution in [2.45, 2.75) is 44.2 Å². The Labute approximate surface area is 208 Å². The van der Waals surface area contributed by atoms with E-state index >= 15 is 0 Å². The minimum Gasteiger partial charge on any atom is -0.475 e. The molecule has 10 nitrogen and oxygen atoms in total. The van der Waals surface area contributed by atoms with Crippen LogP contribution in [0.2, 0.25) is 0 Å². The van der Waals surface area contributed by atoms with E-state index in [9.17, 15) is 52.3 Å². The number of ether oxygens (including phenoxy) is 4. The summed E-state index contributed by atoms with van der Waals surface area (Å²) in [6, 6.07) is -0.0877. The lowest BCUT2D eigenvalue weighted by atomic mass is 9.97. The number of halogens is 8. The quantitative estimate of drug-likeness (QED) is 0.107. The van der Waals surface area contributed by atoms with Crippen LogP contribution in [0, 0.1) is 15.5 Å². The van der Waals surface area contributed by atoms with Crippen molar-refractivity contribution in [1.29, 1.82) is 0 Å². The number of esters is 1. The Hall–Kier alpha value is -3.51. The summed E-state index contributed by atoms with van der Waals surface area (Å²) in [6.07, 6.45) is -11.6. The number of hydrogen-bond acceptors (Lipinski definition) is 9. The second-order valence-corrected chi connectivity index (χ2v) is 11.0. The zero-order valence-corrected chi connectivity index (χ0v) is 20.2. The van der Waals surface area contributed by atoms with E-state index in [-0.39, 0.29) is 24.3 Å². The molecule has 0 spiro atoms. The molecule has 0 aromatic heterocycles. The lowest BCUT2D eigenvalue weighted by Crippen LogP contribution is -2.41. The highest BCUT2D eigenvalue weighted by molar-refractivity contribution is 8.45. The monoisotopic (exact) mass is 589 g/mol. The average molecular weight is 589 g/mol. The van der Waals surface area contributed by atoms with Gasteiger partial charge >= 0.3 is 28.5 Å². The average Bonchev–Trinajstić information content (AvgIpc) is 2.73. The predicted molar refractivity (Wildman–Crippen MR) is 111 cm³/mol. The number of fused-ring (bicyclic) bond motifs is 1. The van der Waals surface area contributed by atoms with Crippen molar-refractivity contribution < 1.29 is 71.1 Å². The number of carbonyl (C=O) groups excluding carboxylic acids is 2. The van der Waals surface area contributed by atoms with Gasteiger partial charge < -0.3 is 23.8 Å². The summed E-state index contributed by atoms with van der Waals surface area (Å²) in [7, 11) is -10.2. The van der Waals surface area contributed by atoms with Gasteiger partial charge in [-0.15, -0.1) is 10.1 Å². The van der Waals surface area contributed by atoms with E-state index in [1.54, 1.807) is 0 Å². The molecule has 0 aliphatic carbocycles. The molecule has 0 bridgehead atoms. The summed E-state index contributed by atoms with van der Waals surface area (Å²) >= 11 is 0. The summed E-state index contributed by atoms with van der Waals surface area (Å²) in [6.45, 7) is 2.68. The van der Waals surface area contributed by atoms with Crippen LogP contribution in [-0.4, -0.2) is 49.0 Å². The van der Waals surface area contributed by atoms with Gasteiger partial charge in [0.2, 0.25) is 12.4 Å². The van der Waals surface area contributed by atoms with Gasteiger partial charge in [-0.3, -0.25) is 0 Å². The lowest BCUT2D eigenvalue weighted by molar-refractivity contribution is -0.760. The standard InChI is InChI=1S/C19H19F8NO9S/c1-10(36-17(30)33-8-18(2,3)9-34-28(31)32)35-16(29)13-7-11-6-12(38(23,24,25,26)27)4-5-14(11)37-15(13)19(20,21)22/h4-7,10,15H,8-9H2,1-3H3/t10?,15-/m0/s1. The van der Waals surface area contributed by atoms with Crippen LogP contribution < -0.4 is 4.74 Å². The maximum atomic E-state index is 13.5. The van der Waals surface area contributed by atoms with Gasteiger partial charge in [-0.2, -0.15) is 13.2 Å². The zero-order valence-electron chi connectivity index (χ0n) is 19.4. The lowest BCUT2D eigenvalue weighted by Gasteiger charge is -2.41. The molecular weight excluding hydrogens is 570 g/mol. The number of rotatable bonds is 9. The molecule has 1 heterocycles. The summed E-state index contributed by atoms with van der Waals surface area (Å²) in [4.78, 5) is 36.1. The Kier molecular flexibility index (Phi) is 7.56. The zero-order chi connectivity index (χ0) is 29.4. The van der Waals surface area contributed by atoms with Gasteiger partial charge in [-0.25, -0.2) is 9.59 Å². The molecule has 0 radical (unpaired) electrons. The molecule has 1 aliphatic rings. The van der Waals surface area contributed by atoms with Gasteiger partial charge in [0.25, 0.3) is 5.09 Å². The highest BCUT2D eigenvalue weighted by Crippen LogP contribution is 3.02. The van der Waals surface area contributed by atoms with Crippen LogP contribution in [0.1, 0.15) is 26.3 Å². The molecule has 0 amide bonds. The van der Waals surface area contributed by atoms with Gasteiger partial charge in [-0.05, 0) is 24.3 Å². The first-order valence-electron chi connectivity index (χ1n) is 10.0. The van der Waals surface area contributed by atoms with E-state index in [1.165, 1.54) is 13.8 Å². The molecule has 1 unspecified atom stereocenters. The van der Waals surface area contributed by atoms with Crippen molar-refractivity contribution in [1.82, 2.24) is 0 Å². The number of alkyl halides is 3. The molecule has 2 atom stereocenters. The Morgan fingerprint density at radius 3 is 2.24 bits per heavy atom. The Bertz CT molecular complexity index is 1150. The van der Waals surface area contributed by atoms with Gasteiger partial charge in [0.15, 0.2) is 0 Å². The Balaban J connectivity index is 2.19. The van der Waals surface area contributed by atoms with Gasteiger partial charge in [-0.1, -0.05) is 33.3 Å². The maximum absolute atomic E-state index is 13.5. The first-order chi connectivity index (χ1) is 16.9. The van der Waals surface area contributed by atoms with E-state index in [4.69, 9.17) is 0 Å². The molecule has 0 saturated heterocycles. The number of hydrogen-bond donors (Lipinski definition) is 0. The first-order valence-corrected chi connectivity index (χ1v) is 12.0. The van der Waals surface area contributed by atoms with E-state index in [1.807, 2.05) is 0 Å². The highest BCUT2D eigenvalue weighted by Gasteiger charge is 2.65. The largest absolute Gasteiger partial charge is 0.511 e. The third-order valence-corrected chi connectivity index (χ3v) is 5.62. The van der Waals surface area contributed by atoms with Crippen LogP contribution in [0.4, 0.5) is 37.4 Å². The fourth-order valence-corrected chi connectivity index (χ4v) is 3.44. The molecule has 1 aromatic carbocycles. The van der Waals surface area contributed by atoms with E-state index in [2.05, 4.69) is 23.8 Å². The molecule has 2 rings (SSSR count). The first kappa shape index (κ1) is 30.7. The molecule has 1 aliphatic heterocycles. The maximum Gasteiger partial charge on any atom is 0.511 e. The molecule has 19 heteroatoms. The third-order valence-electron chi connectivity index (χ3n) is 4.47. The fourth-order valence-electron chi connectivity index (χ4n) is 2.77. The van der Waals surface area contributed by atoms with E-state index in [0.29, 0.717) is 0 Å². The Morgan fingerprint density at radius 1 is 1.11 bits per heavy atom. The smallest absolute Gasteiger partial charge is 0.475 e. The second kappa shape index (κ2) is 9.35. The number of benzene rings is 1. The summed E-state index contributed by atoms with van der Waals surface area (Å²) in [5.74, 6) is -2.73. The molecule has 1 aromatic rings. The van der Waals surface area contributed by atoms with Crippen molar-refractivity contribution in [3.8, 4) is 5.75 Å². The SMILES string of the molecule is CC(OC(=O)OCC(C)(C)CO[N+](=O)[O-])OC(=O)C1=Cc2cc(S(F)(F)(F)(F)F)ccc2O[C@@H]1C(F)(F)F. The van der Waals surface area contributed by atoms with Crippen molar-refractivity contribution in [3.05, 3.63) is 39.4 Å². The third kappa shape index (κ3) is 8.52. The molecule has 216 valence electrons. The molecule has 38 heavy (non-hydrogen) atoms. The van der Waals surface area contributed by atoms with Crippen LogP contribution in [0.3, 0.4) is 0 Å². The topological polar surface area (TPSA) is 123 Å². The van der Waals surface area contributed by atoms with Crippen LogP contribution in [0.15, 0.2) is 28.7 Å². The molecular formula is C19H19F8NO9S. The normalized spacial score (nSPS) is 18.4. The number of carbonyl (C=O) groups is 2. The minimum absolute atomic E-state index is 0.155. The van der Waals surface area contributed by atoms with Gasteiger partial charge in [0.05, 0.1) is 5.57 Å². The summed E-state index contributed by atoms with van der Waals surface area (Å²) in [5, 5.41) is 9.15. The van der Waals surface area contributed by atoms with Gasteiger partial charge in [0, 0.05) is 17.9 Å². The van der Waals surface area contributed by atoms with Gasteiger partial charge in [0.1, 0.15) is 23.9 Å². The highest BCUT2D eigenvalue weighted by atomic mass is 32.5. The van der Waals surface area contributed by atoms with Crippen molar-refractivity contribution in [3.63, 3.8) is 0 Å². The van der Waals surface area contributed by atoms with Crippen molar-refractivity contribution >= 4 is 28.4 Å².